The van der Waals surface area contributed by atoms with Gasteiger partial charge in [-0.25, -0.2) is 9.18 Å². The van der Waals surface area contributed by atoms with Gasteiger partial charge in [0.15, 0.2) is 0 Å². The van der Waals surface area contributed by atoms with Crippen LogP contribution in [0.25, 0.3) is 10.9 Å². The van der Waals surface area contributed by atoms with E-state index in [4.69, 9.17) is 0 Å². The highest BCUT2D eigenvalue weighted by atomic mass is 19.1. The lowest BCUT2D eigenvalue weighted by molar-refractivity contribution is 0.0684. The number of hydrogen-bond donors (Lipinski definition) is 2. The molecule has 0 aliphatic carbocycles. The van der Waals surface area contributed by atoms with Gasteiger partial charge in [0.05, 0.1) is 0 Å². The van der Waals surface area contributed by atoms with Crippen LogP contribution in [0, 0.1) is 19.7 Å². The lowest BCUT2D eigenvalue weighted by Gasteiger charge is -2.10. The number of carboxylic acid groups (broad SMARTS) is 1. The van der Waals surface area contributed by atoms with E-state index in [9.17, 15) is 14.3 Å². The smallest absolute Gasteiger partial charge is 0.352 e. The van der Waals surface area contributed by atoms with Crippen molar-refractivity contribution in [3.63, 3.8) is 0 Å². The number of aryl methyl sites for hydroxylation is 2. The molecular formula is C26H25FN2O2. The quantitative estimate of drug-likeness (QED) is 0.422. The Bertz CT molecular complexity index is 1230. The number of benzene rings is 3. The third-order valence-electron chi connectivity index (χ3n) is 5.53. The maximum absolute atomic E-state index is 13.3. The zero-order valence-electron chi connectivity index (χ0n) is 17.7. The number of nitrogens with zero attached hydrogens (tertiary/aromatic N) is 1. The van der Waals surface area contributed by atoms with E-state index in [1.165, 1.54) is 17.7 Å². The van der Waals surface area contributed by atoms with Crippen molar-refractivity contribution in [1.29, 1.82) is 0 Å². The Labute approximate surface area is 181 Å². The van der Waals surface area contributed by atoms with Gasteiger partial charge in [0.2, 0.25) is 0 Å². The number of halogens is 1. The van der Waals surface area contributed by atoms with Crippen LogP contribution in [0.3, 0.4) is 0 Å². The van der Waals surface area contributed by atoms with Crippen molar-refractivity contribution in [2.45, 2.75) is 33.5 Å². The summed E-state index contributed by atoms with van der Waals surface area (Å²) in [6, 6.07) is 20.5. The van der Waals surface area contributed by atoms with E-state index >= 15 is 0 Å². The fraction of sp³-hybridized carbons (Fsp3) is 0.192. The van der Waals surface area contributed by atoms with Crippen LogP contribution in [0.15, 0.2) is 66.7 Å². The fourth-order valence-corrected chi connectivity index (χ4v) is 3.93. The van der Waals surface area contributed by atoms with Gasteiger partial charge < -0.3 is 15.0 Å². The molecule has 0 bridgehead atoms. The second kappa shape index (κ2) is 8.74. The SMILES string of the molecule is Cc1ccc(CNCc2c(C(=O)O)n(Cc3ccc(F)cc3)c3cc(C)ccc23)cc1. The largest absolute Gasteiger partial charge is 0.477 e. The number of fused-ring (bicyclic) bond motifs is 1. The average molecular weight is 416 g/mol. The van der Waals surface area contributed by atoms with Crippen LogP contribution >= 0.6 is 0 Å². The van der Waals surface area contributed by atoms with Gasteiger partial charge in [-0.3, -0.25) is 0 Å². The molecule has 0 fully saturated rings. The molecule has 3 aromatic carbocycles. The molecular weight excluding hydrogens is 391 g/mol. The molecule has 0 spiro atoms. The molecule has 0 aliphatic heterocycles. The number of nitrogens with one attached hydrogen (secondary N) is 1. The highest BCUT2D eigenvalue weighted by Gasteiger charge is 2.22. The third-order valence-corrected chi connectivity index (χ3v) is 5.53. The number of carboxylic acids is 1. The lowest BCUT2D eigenvalue weighted by Crippen LogP contribution is -2.17. The Balaban J connectivity index is 1.71. The summed E-state index contributed by atoms with van der Waals surface area (Å²) >= 11 is 0. The van der Waals surface area contributed by atoms with Crippen LogP contribution in [0.4, 0.5) is 4.39 Å². The van der Waals surface area contributed by atoms with E-state index in [1.54, 1.807) is 12.1 Å². The van der Waals surface area contributed by atoms with Gasteiger partial charge in [-0.2, -0.15) is 0 Å². The molecule has 5 heteroatoms. The Hall–Kier alpha value is -3.44. The van der Waals surface area contributed by atoms with Crippen molar-refractivity contribution in [2.24, 2.45) is 0 Å². The van der Waals surface area contributed by atoms with Crippen molar-refractivity contribution in [3.8, 4) is 0 Å². The molecule has 0 unspecified atom stereocenters. The van der Waals surface area contributed by atoms with Crippen LogP contribution in [0.5, 0.6) is 0 Å². The first-order chi connectivity index (χ1) is 14.9. The predicted molar refractivity (Wildman–Crippen MR) is 121 cm³/mol. The second-order valence-electron chi connectivity index (χ2n) is 7.95. The average Bonchev–Trinajstić information content (AvgIpc) is 3.04. The molecule has 0 saturated heterocycles. The molecule has 2 N–H and O–H groups in total. The van der Waals surface area contributed by atoms with E-state index in [1.807, 2.05) is 36.6 Å². The molecule has 4 rings (SSSR count). The number of carbonyl (C=O) groups is 1. The summed E-state index contributed by atoms with van der Waals surface area (Å²) < 4.78 is 15.2. The summed E-state index contributed by atoms with van der Waals surface area (Å²) in [6.45, 7) is 5.49. The molecule has 4 aromatic rings. The molecule has 4 nitrogen and oxygen atoms in total. The standard InChI is InChI=1S/C26H25FN2O2/c1-17-3-6-19(7-4-17)14-28-15-23-22-12-5-18(2)13-24(22)29(25(23)26(30)31)16-20-8-10-21(27)11-9-20/h3-13,28H,14-16H2,1-2H3,(H,30,31). The minimum absolute atomic E-state index is 0.265. The maximum atomic E-state index is 13.3. The highest BCUT2D eigenvalue weighted by Crippen LogP contribution is 2.29. The van der Waals surface area contributed by atoms with Gasteiger partial charge >= 0.3 is 5.97 Å². The van der Waals surface area contributed by atoms with Crippen molar-refractivity contribution in [2.75, 3.05) is 0 Å². The highest BCUT2D eigenvalue weighted by molar-refractivity contribution is 5.98. The van der Waals surface area contributed by atoms with E-state index in [-0.39, 0.29) is 11.5 Å². The summed E-state index contributed by atoms with van der Waals surface area (Å²) in [5, 5.41) is 14.4. The van der Waals surface area contributed by atoms with Gasteiger partial charge in [0.25, 0.3) is 0 Å². The molecule has 0 amide bonds. The molecule has 0 atom stereocenters. The van der Waals surface area contributed by atoms with Gasteiger partial charge in [0, 0.05) is 36.1 Å². The summed E-state index contributed by atoms with van der Waals surface area (Å²) in [7, 11) is 0. The zero-order valence-corrected chi connectivity index (χ0v) is 17.7. The Morgan fingerprint density at radius 1 is 0.903 bits per heavy atom. The number of aromatic nitrogens is 1. The van der Waals surface area contributed by atoms with Crippen molar-refractivity contribution < 1.29 is 14.3 Å². The number of rotatable bonds is 7. The number of hydrogen-bond acceptors (Lipinski definition) is 2. The Kier molecular flexibility index (Phi) is 5.87. The third kappa shape index (κ3) is 4.52. The Morgan fingerprint density at radius 2 is 1.55 bits per heavy atom. The monoisotopic (exact) mass is 416 g/mol. The zero-order chi connectivity index (χ0) is 22.0. The minimum atomic E-state index is -0.969. The molecule has 1 heterocycles. The Morgan fingerprint density at radius 3 is 2.23 bits per heavy atom. The first-order valence-corrected chi connectivity index (χ1v) is 10.3. The summed E-state index contributed by atoms with van der Waals surface area (Å²) in [4.78, 5) is 12.3. The molecule has 158 valence electrons. The second-order valence-corrected chi connectivity index (χ2v) is 7.95. The van der Waals surface area contributed by atoms with Crippen LogP contribution in [-0.4, -0.2) is 15.6 Å². The van der Waals surface area contributed by atoms with Gasteiger partial charge in [-0.05, 0) is 48.7 Å². The molecule has 0 saturated carbocycles. The van der Waals surface area contributed by atoms with Crippen LogP contribution in [-0.2, 0) is 19.6 Å². The van der Waals surface area contributed by atoms with Crippen molar-refractivity contribution in [1.82, 2.24) is 9.88 Å². The summed E-state index contributed by atoms with van der Waals surface area (Å²) in [5.74, 6) is -1.28. The van der Waals surface area contributed by atoms with E-state index in [0.29, 0.717) is 19.6 Å². The van der Waals surface area contributed by atoms with Crippen LogP contribution in [0.1, 0.15) is 38.3 Å². The molecule has 1 aromatic heterocycles. The number of aromatic carboxylic acids is 1. The maximum Gasteiger partial charge on any atom is 0.352 e. The summed E-state index contributed by atoms with van der Waals surface area (Å²) in [6.07, 6.45) is 0. The van der Waals surface area contributed by atoms with E-state index in [2.05, 4.69) is 29.6 Å². The fourth-order valence-electron chi connectivity index (χ4n) is 3.93. The predicted octanol–water partition coefficient (Wildman–Crippen LogP) is 5.43. The molecule has 0 radical (unpaired) electrons. The van der Waals surface area contributed by atoms with Gasteiger partial charge in [-0.15, -0.1) is 0 Å². The van der Waals surface area contributed by atoms with Crippen LogP contribution in [0.2, 0.25) is 0 Å². The first-order valence-electron chi connectivity index (χ1n) is 10.3. The normalized spacial score (nSPS) is 11.2. The van der Waals surface area contributed by atoms with E-state index in [0.717, 1.165) is 33.2 Å². The minimum Gasteiger partial charge on any atom is -0.477 e. The van der Waals surface area contributed by atoms with Gasteiger partial charge in [-0.1, -0.05) is 54.1 Å². The van der Waals surface area contributed by atoms with Crippen LogP contribution < -0.4 is 5.32 Å². The van der Waals surface area contributed by atoms with Crippen molar-refractivity contribution in [3.05, 3.63) is 106 Å². The summed E-state index contributed by atoms with van der Waals surface area (Å²) in [5.41, 5.74) is 6.15. The van der Waals surface area contributed by atoms with Gasteiger partial charge in [0.1, 0.15) is 11.5 Å². The van der Waals surface area contributed by atoms with Crippen molar-refractivity contribution >= 4 is 16.9 Å². The lowest BCUT2D eigenvalue weighted by atomic mass is 10.1. The molecule has 31 heavy (non-hydrogen) atoms. The van der Waals surface area contributed by atoms with E-state index < -0.39 is 5.97 Å². The topological polar surface area (TPSA) is 54.3 Å². The molecule has 0 aliphatic rings. The first kappa shape index (κ1) is 20.8.